The SMILES string of the molecule is [B]c1c(O)c(O)c2c(c1O)c(C(O)(O)CN(C)C)c([B])n2C(=O)CCCCCCC/C=C\C/C=C\CCCCC. The average molecular weight is 550 g/mol. The molecule has 5 N–H and O–H groups in total. The van der Waals surface area contributed by atoms with Crippen molar-refractivity contribution in [2.24, 2.45) is 0 Å². The van der Waals surface area contributed by atoms with Crippen LogP contribution >= 0.6 is 0 Å². The van der Waals surface area contributed by atoms with Crippen LogP contribution in [0, 0.1) is 0 Å². The van der Waals surface area contributed by atoms with Crippen LogP contribution in [0.1, 0.15) is 94.3 Å². The molecule has 0 saturated carbocycles. The Morgan fingerprint density at radius 2 is 1.43 bits per heavy atom. The van der Waals surface area contributed by atoms with Crippen molar-refractivity contribution < 1.29 is 30.3 Å². The van der Waals surface area contributed by atoms with Gasteiger partial charge in [-0.05, 0) is 63.7 Å². The first kappa shape index (κ1) is 33.5. The van der Waals surface area contributed by atoms with Gasteiger partial charge in [-0.25, -0.2) is 0 Å². The van der Waals surface area contributed by atoms with Gasteiger partial charge in [0.1, 0.15) is 27.0 Å². The van der Waals surface area contributed by atoms with E-state index in [0.717, 1.165) is 49.5 Å². The average Bonchev–Trinajstić information content (AvgIpc) is 3.21. The molecular formula is C30H44B2N2O6. The minimum atomic E-state index is -2.59. The standard InChI is InChI=1S/C30H44B2N2O6/c1-4-5-6-7-8-9-10-11-12-13-14-15-16-17-18-19-21(35)34-25-22(26(36)24(31)27(37)28(25)38)23(29(34)32)30(39,40)20-33(2)3/h8-9,11-12,36-40H,4-7,10,13-20H2,1-3H3/b9-8-,12-11-. The Labute approximate surface area is 240 Å². The molecule has 0 bridgehead atoms. The Bertz CT molecular complexity index is 1190. The summed E-state index contributed by atoms with van der Waals surface area (Å²) in [6, 6.07) is 0. The second-order valence-corrected chi connectivity index (χ2v) is 10.7. The highest BCUT2D eigenvalue weighted by Gasteiger charge is 2.37. The summed E-state index contributed by atoms with van der Waals surface area (Å²) >= 11 is 0. The molecule has 0 fully saturated rings. The quantitative estimate of drug-likeness (QED) is 0.0510. The first-order chi connectivity index (χ1) is 19.0. The van der Waals surface area contributed by atoms with Crippen molar-refractivity contribution in [1.29, 1.82) is 0 Å². The number of rotatable bonds is 17. The second kappa shape index (κ2) is 15.9. The molecule has 8 nitrogen and oxygen atoms in total. The first-order valence-corrected chi connectivity index (χ1v) is 14.2. The van der Waals surface area contributed by atoms with Crippen LogP contribution in [0.15, 0.2) is 24.3 Å². The molecule has 10 heteroatoms. The summed E-state index contributed by atoms with van der Waals surface area (Å²) in [4.78, 5) is 14.7. The van der Waals surface area contributed by atoms with Gasteiger partial charge in [-0.2, -0.15) is 0 Å². The van der Waals surface area contributed by atoms with Crippen LogP contribution < -0.4 is 11.1 Å². The third-order valence-electron chi connectivity index (χ3n) is 6.93. The van der Waals surface area contributed by atoms with Crippen LogP contribution in [0.25, 0.3) is 10.9 Å². The van der Waals surface area contributed by atoms with Crippen molar-refractivity contribution in [3.05, 3.63) is 29.9 Å². The minimum Gasteiger partial charge on any atom is -0.508 e. The highest BCUT2D eigenvalue weighted by Crippen LogP contribution is 2.42. The molecule has 0 amide bonds. The second-order valence-electron chi connectivity index (χ2n) is 10.7. The van der Waals surface area contributed by atoms with Crippen molar-refractivity contribution in [2.45, 2.75) is 89.8 Å². The van der Waals surface area contributed by atoms with Gasteiger partial charge in [0.2, 0.25) is 11.7 Å². The highest BCUT2D eigenvalue weighted by molar-refractivity contribution is 6.41. The van der Waals surface area contributed by atoms with E-state index in [4.69, 9.17) is 15.7 Å². The van der Waals surface area contributed by atoms with Crippen LogP contribution in [0.5, 0.6) is 17.2 Å². The molecule has 0 saturated heterocycles. The van der Waals surface area contributed by atoms with Crippen LogP contribution in [-0.2, 0) is 5.79 Å². The van der Waals surface area contributed by atoms with Crippen molar-refractivity contribution >= 4 is 43.6 Å². The molecular weight excluding hydrogens is 506 g/mol. The van der Waals surface area contributed by atoms with Gasteiger partial charge in [-0.1, -0.05) is 63.3 Å². The van der Waals surface area contributed by atoms with E-state index >= 15 is 0 Å². The summed E-state index contributed by atoms with van der Waals surface area (Å²) in [6.07, 6.45) is 20.3. The summed E-state index contributed by atoms with van der Waals surface area (Å²) < 4.78 is 0.915. The number of phenolic OH excluding ortho intramolecular Hbond substituents is 3. The number of nitrogens with zero attached hydrogens (tertiary/aromatic N) is 2. The van der Waals surface area contributed by atoms with E-state index in [2.05, 4.69) is 31.2 Å². The molecule has 0 aliphatic rings. The number of aromatic nitrogens is 1. The molecule has 0 aliphatic heterocycles. The van der Waals surface area contributed by atoms with E-state index in [1.54, 1.807) is 14.1 Å². The maximum Gasteiger partial charge on any atom is 0.230 e. The summed E-state index contributed by atoms with van der Waals surface area (Å²) in [5.41, 5.74) is -1.62. The first-order valence-electron chi connectivity index (χ1n) is 14.2. The number of benzene rings is 1. The third-order valence-corrected chi connectivity index (χ3v) is 6.93. The van der Waals surface area contributed by atoms with Gasteiger partial charge in [-0.15, -0.1) is 0 Å². The van der Waals surface area contributed by atoms with Crippen molar-refractivity contribution in [2.75, 3.05) is 20.6 Å². The highest BCUT2D eigenvalue weighted by atomic mass is 16.5. The molecule has 2 aromatic rings. The minimum absolute atomic E-state index is 0.0702. The number of fused-ring (bicyclic) bond motifs is 1. The molecule has 1 heterocycles. The van der Waals surface area contributed by atoms with Gasteiger partial charge >= 0.3 is 0 Å². The number of hydrogen-bond acceptors (Lipinski definition) is 7. The number of carbonyl (C=O) groups excluding carboxylic acids is 1. The zero-order valence-corrected chi connectivity index (χ0v) is 24.2. The van der Waals surface area contributed by atoms with Crippen LogP contribution in [0.4, 0.5) is 0 Å². The van der Waals surface area contributed by atoms with E-state index in [1.807, 2.05) is 0 Å². The lowest BCUT2D eigenvalue weighted by Gasteiger charge is -2.26. The lowest BCUT2D eigenvalue weighted by atomic mass is 9.87. The van der Waals surface area contributed by atoms with Gasteiger partial charge in [0, 0.05) is 12.0 Å². The summed E-state index contributed by atoms with van der Waals surface area (Å²) in [6.45, 7) is 1.88. The maximum atomic E-state index is 13.2. The number of phenols is 3. The van der Waals surface area contributed by atoms with Crippen LogP contribution in [-0.4, -0.2) is 77.2 Å². The largest absolute Gasteiger partial charge is 0.508 e. The molecule has 40 heavy (non-hydrogen) atoms. The molecule has 0 atom stereocenters. The molecule has 4 radical (unpaired) electrons. The fraction of sp³-hybridized carbons (Fsp3) is 0.567. The normalized spacial score (nSPS) is 12.6. The molecule has 0 aliphatic carbocycles. The Morgan fingerprint density at radius 1 is 0.850 bits per heavy atom. The van der Waals surface area contributed by atoms with Crippen LogP contribution in [0.3, 0.4) is 0 Å². The number of likely N-dealkylation sites (N-methyl/N-ethyl adjacent to an activating group) is 1. The Morgan fingerprint density at radius 3 is 2.02 bits per heavy atom. The zero-order valence-electron chi connectivity index (χ0n) is 24.2. The number of aliphatic hydroxyl groups is 2. The predicted octanol–water partition coefficient (Wildman–Crippen LogP) is 3.50. The summed E-state index contributed by atoms with van der Waals surface area (Å²) in [7, 11) is 15.1. The molecule has 1 aromatic heterocycles. The van der Waals surface area contributed by atoms with Crippen molar-refractivity contribution in [3.63, 3.8) is 0 Å². The Balaban J connectivity index is 1.99. The van der Waals surface area contributed by atoms with E-state index in [-0.39, 0.29) is 35.0 Å². The van der Waals surface area contributed by atoms with Gasteiger partial charge in [0.15, 0.2) is 11.5 Å². The summed E-state index contributed by atoms with van der Waals surface area (Å²) in [5, 5.41) is 52.9. The molecule has 216 valence electrons. The van der Waals surface area contributed by atoms with Gasteiger partial charge < -0.3 is 30.4 Å². The monoisotopic (exact) mass is 550 g/mol. The topological polar surface area (TPSA) is 126 Å². The van der Waals surface area contributed by atoms with Crippen molar-refractivity contribution in [3.8, 4) is 17.2 Å². The van der Waals surface area contributed by atoms with Gasteiger partial charge in [0.05, 0.1) is 11.9 Å². The fourth-order valence-electron chi connectivity index (χ4n) is 4.92. The lowest BCUT2D eigenvalue weighted by molar-refractivity contribution is -0.176. The molecule has 0 unspecified atom stereocenters. The van der Waals surface area contributed by atoms with E-state index in [0.29, 0.717) is 6.42 Å². The third kappa shape index (κ3) is 8.66. The molecule has 0 spiro atoms. The van der Waals surface area contributed by atoms with Crippen molar-refractivity contribution in [1.82, 2.24) is 9.47 Å². The number of carbonyl (C=O) groups is 1. The lowest BCUT2D eigenvalue weighted by Crippen LogP contribution is -2.42. The number of allylic oxidation sites excluding steroid dienone is 4. The van der Waals surface area contributed by atoms with E-state index in [1.165, 1.54) is 24.2 Å². The van der Waals surface area contributed by atoms with Crippen LogP contribution in [0.2, 0.25) is 0 Å². The predicted molar refractivity (Wildman–Crippen MR) is 162 cm³/mol. The fourth-order valence-corrected chi connectivity index (χ4v) is 4.92. The van der Waals surface area contributed by atoms with E-state index in [9.17, 15) is 30.3 Å². The number of unbranched alkanes of at least 4 members (excludes halogenated alkanes) is 8. The van der Waals surface area contributed by atoms with E-state index < -0.39 is 34.4 Å². The smallest absolute Gasteiger partial charge is 0.230 e. The number of hydrogen-bond donors (Lipinski definition) is 5. The zero-order chi connectivity index (χ0) is 29.9. The molecule has 2 rings (SSSR count). The number of aromatic hydroxyl groups is 3. The Hall–Kier alpha value is -2.68. The van der Waals surface area contributed by atoms with Gasteiger partial charge in [0.25, 0.3) is 0 Å². The molecule has 1 aromatic carbocycles. The Kier molecular flexibility index (Phi) is 13.4. The maximum absolute atomic E-state index is 13.2. The van der Waals surface area contributed by atoms with Gasteiger partial charge in [-0.3, -0.25) is 9.36 Å². The summed E-state index contributed by atoms with van der Waals surface area (Å²) in [5.74, 6) is -5.42.